The van der Waals surface area contributed by atoms with Crippen LogP contribution >= 0.6 is 0 Å². The molecule has 132 valence electrons. The van der Waals surface area contributed by atoms with Crippen molar-refractivity contribution >= 4 is 23.1 Å². The summed E-state index contributed by atoms with van der Waals surface area (Å²) in [6.07, 6.45) is 0. The number of methoxy groups -OCH3 is 1. The highest BCUT2D eigenvalue weighted by Gasteiger charge is 2.17. The summed E-state index contributed by atoms with van der Waals surface area (Å²) in [5.74, 6) is 1.06. The van der Waals surface area contributed by atoms with Gasteiger partial charge in [0.15, 0.2) is 11.5 Å². The molecule has 0 aliphatic carbocycles. The van der Waals surface area contributed by atoms with Gasteiger partial charge in [-0.05, 0) is 43.3 Å². The molecule has 1 amide bonds. The van der Waals surface area contributed by atoms with Gasteiger partial charge < -0.3 is 15.0 Å². The summed E-state index contributed by atoms with van der Waals surface area (Å²) < 4.78 is 5.30. The molecule has 1 aromatic heterocycles. The Labute approximate surface area is 152 Å². The zero-order valence-electron chi connectivity index (χ0n) is 14.7. The summed E-state index contributed by atoms with van der Waals surface area (Å²) in [5.41, 5.74) is 1.90. The summed E-state index contributed by atoms with van der Waals surface area (Å²) in [5, 5.41) is 11.3. The molecule has 3 aromatic rings. The predicted molar refractivity (Wildman–Crippen MR) is 102 cm³/mol. The first-order valence-corrected chi connectivity index (χ1v) is 8.33. The molecule has 0 bridgehead atoms. The van der Waals surface area contributed by atoms with Crippen molar-refractivity contribution in [2.45, 2.75) is 6.92 Å². The zero-order chi connectivity index (χ0) is 18.4. The van der Waals surface area contributed by atoms with Gasteiger partial charge in [0.05, 0.1) is 12.8 Å². The van der Waals surface area contributed by atoms with Crippen LogP contribution in [0, 0.1) is 0 Å². The number of benzene rings is 2. The molecule has 2 aromatic carbocycles. The van der Waals surface area contributed by atoms with Crippen molar-refractivity contribution in [3.05, 3.63) is 72.4 Å². The molecule has 0 atom stereocenters. The topological polar surface area (TPSA) is 67.4 Å². The van der Waals surface area contributed by atoms with E-state index < -0.39 is 0 Å². The number of hydrogen-bond acceptors (Lipinski definition) is 5. The van der Waals surface area contributed by atoms with Crippen LogP contribution in [0.3, 0.4) is 0 Å². The van der Waals surface area contributed by atoms with Crippen molar-refractivity contribution in [3.8, 4) is 5.75 Å². The van der Waals surface area contributed by atoms with Crippen molar-refractivity contribution in [1.29, 1.82) is 0 Å². The van der Waals surface area contributed by atoms with Crippen molar-refractivity contribution in [2.24, 2.45) is 0 Å². The molecule has 0 aliphatic rings. The second kappa shape index (κ2) is 8.11. The Kier molecular flexibility index (Phi) is 5.43. The van der Waals surface area contributed by atoms with Gasteiger partial charge >= 0.3 is 0 Å². The summed E-state index contributed by atoms with van der Waals surface area (Å²) in [6, 6.07) is 20.4. The molecule has 0 fully saturated rings. The Bertz CT molecular complexity index is 866. The maximum atomic E-state index is 12.7. The predicted octanol–water partition coefficient (Wildman–Crippen LogP) is 3.90. The van der Waals surface area contributed by atoms with E-state index in [0.29, 0.717) is 23.8 Å². The van der Waals surface area contributed by atoms with E-state index in [1.165, 1.54) is 0 Å². The lowest BCUT2D eigenvalue weighted by atomic mass is 10.2. The first-order chi connectivity index (χ1) is 12.7. The van der Waals surface area contributed by atoms with Gasteiger partial charge in [0.2, 0.25) is 0 Å². The largest absolute Gasteiger partial charge is 0.495 e. The number of anilines is 3. The van der Waals surface area contributed by atoms with Gasteiger partial charge in [0, 0.05) is 12.2 Å². The van der Waals surface area contributed by atoms with Crippen molar-refractivity contribution < 1.29 is 9.53 Å². The Hall–Kier alpha value is -3.41. The number of nitrogens with zero attached hydrogens (tertiary/aromatic N) is 3. The van der Waals surface area contributed by atoms with Crippen LogP contribution in [0.15, 0.2) is 66.7 Å². The van der Waals surface area contributed by atoms with Crippen LogP contribution in [0.5, 0.6) is 5.75 Å². The van der Waals surface area contributed by atoms with E-state index in [4.69, 9.17) is 4.74 Å². The third kappa shape index (κ3) is 3.80. The Morgan fingerprint density at radius 1 is 1.00 bits per heavy atom. The third-order valence-electron chi connectivity index (χ3n) is 3.88. The van der Waals surface area contributed by atoms with E-state index in [1.807, 2.05) is 61.5 Å². The van der Waals surface area contributed by atoms with Gasteiger partial charge in [0.25, 0.3) is 5.91 Å². The summed E-state index contributed by atoms with van der Waals surface area (Å²) >= 11 is 0. The van der Waals surface area contributed by atoms with Gasteiger partial charge in [-0.25, -0.2) is 0 Å². The summed E-state index contributed by atoms with van der Waals surface area (Å²) in [6.45, 7) is 2.47. The number of nitrogens with one attached hydrogen (secondary N) is 1. The number of amides is 1. The van der Waals surface area contributed by atoms with Crippen LogP contribution in [-0.4, -0.2) is 29.8 Å². The number of hydrogen-bond donors (Lipinski definition) is 1. The number of aromatic nitrogens is 2. The normalized spacial score (nSPS) is 10.2. The number of rotatable bonds is 6. The number of ether oxygens (including phenoxy) is 1. The Morgan fingerprint density at radius 3 is 2.38 bits per heavy atom. The van der Waals surface area contributed by atoms with Crippen molar-refractivity contribution in [1.82, 2.24) is 10.2 Å². The first-order valence-electron chi connectivity index (χ1n) is 8.33. The van der Waals surface area contributed by atoms with E-state index >= 15 is 0 Å². The minimum Gasteiger partial charge on any atom is -0.495 e. The fourth-order valence-electron chi connectivity index (χ4n) is 2.59. The second-order valence-corrected chi connectivity index (χ2v) is 5.51. The number of carbonyl (C=O) groups is 1. The van der Waals surface area contributed by atoms with Crippen molar-refractivity contribution in [2.75, 3.05) is 23.9 Å². The maximum absolute atomic E-state index is 12.7. The van der Waals surface area contributed by atoms with Gasteiger partial charge in [-0.15, -0.1) is 10.2 Å². The smallest absolute Gasteiger partial charge is 0.278 e. The average Bonchev–Trinajstić information content (AvgIpc) is 2.70. The van der Waals surface area contributed by atoms with Crippen LogP contribution in [0.1, 0.15) is 17.4 Å². The standard InChI is InChI=1S/C20H20N4O2/c1-3-24(15-9-5-4-6-10-15)20(25)17-13-14-19(23-22-17)21-16-11-7-8-12-18(16)26-2/h4-14H,3H2,1-2H3,(H,21,23). The zero-order valence-corrected chi connectivity index (χ0v) is 14.7. The van der Waals surface area contributed by atoms with Crippen LogP contribution in [0.2, 0.25) is 0 Å². The molecule has 1 heterocycles. The number of para-hydroxylation sites is 3. The molecule has 0 saturated heterocycles. The van der Waals surface area contributed by atoms with E-state index in [-0.39, 0.29) is 5.91 Å². The lowest BCUT2D eigenvalue weighted by Gasteiger charge is -2.20. The molecule has 1 N–H and O–H groups in total. The molecule has 0 saturated carbocycles. The van der Waals surface area contributed by atoms with Gasteiger partial charge in [-0.1, -0.05) is 30.3 Å². The van der Waals surface area contributed by atoms with Crippen molar-refractivity contribution in [3.63, 3.8) is 0 Å². The molecule has 26 heavy (non-hydrogen) atoms. The highest BCUT2D eigenvalue weighted by atomic mass is 16.5. The number of carbonyl (C=O) groups excluding carboxylic acids is 1. The van der Waals surface area contributed by atoms with Gasteiger partial charge in [0.1, 0.15) is 5.75 Å². The highest BCUT2D eigenvalue weighted by Crippen LogP contribution is 2.26. The van der Waals surface area contributed by atoms with Gasteiger partial charge in [-0.3, -0.25) is 4.79 Å². The summed E-state index contributed by atoms with van der Waals surface area (Å²) in [7, 11) is 1.61. The molecule has 0 spiro atoms. The second-order valence-electron chi connectivity index (χ2n) is 5.51. The van der Waals surface area contributed by atoms with E-state index in [2.05, 4.69) is 15.5 Å². The molecule has 0 unspecified atom stereocenters. The fourth-order valence-corrected chi connectivity index (χ4v) is 2.59. The Morgan fingerprint density at radius 2 is 1.73 bits per heavy atom. The quantitative estimate of drug-likeness (QED) is 0.732. The molecule has 0 radical (unpaired) electrons. The molecule has 6 heteroatoms. The first kappa shape index (κ1) is 17.4. The summed E-state index contributed by atoms with van der Waals surface area (Å²) in [4.78, 5) is 14.4. The van der Waals surface area contributed by atoms with E-state index in [1.54, 1.807) is 24.1 Å². The SMILES string of the molecule is CCN(C(=O)c1ccc(Nc2ccccc2OC)nn1)c1ccccc1. The minimum absolute atomic E-state index is 0.185. The fraction of sp³-hybridized carbons (Fsp3) is 0.150. The highest BCUT2D eigenvalue weighted by molar-refractivity contribution is 6.04. The van der Waals surface area contributed by atoms with E-state index in [9.17, 15) is 4.79 Å². The third-order valence-corrected chi connectivity index (χ3v) is 3.88. The van der Waals surface area contributed by atoms with Gasteiger partial charge in [-0.2, -0.15) is 0 Å². The average molecular weight is 348 g/mol. The maximum Gasteiger partial charge on any atom is 0.278 e. The molecule has 3 rings (SSSR count). The molecule has 6 nitrogen and oxygen atoms in total. The van der Waals surface area contributed by atoms with Crippen LogP contribution in [0.4, 0.5) is 17.2 Å². The minimum atomic E-state index is -0.185. The molecular formula is C20H20N4O2. The van der Waals surface area contributed by atoms with Crippen LogP contribution < -0.4 is 15.0 Å². The molecule has 0 aliphatic heterocycles. The molecular weight excluding hydrogens is 328 g/mol. The monoisotopic (exact) mass is 348 g/mol. The lowest BCUT2D eigenvalue weighted by Crippen LogP contribution is -2.31. The van der Waals surface area contributed by atoms with Crippen LogP contribution in [0.25, 0.3) is 0 Å². The Balaban J connectivity index is 1.77. The lowest BCUT2D eigenvalue weighted by molar-refractivity contribution is 0.0982. The van der Waals surface area contributed by atoms with E-state index in [0.717, 1.165) is 11.4 Å². The van der Waals surface area contributed by atoms with Crippen LogP contribution in [-0.2, 0) is 0 Å².